The molecule has 0 radical (unpaired) electrons. The third kappa shape index (κ3) is 3.02. The smallest absolute Gasteiger partial charge is 0.253 e. The molecule has 0 aliphatic heterocycles. The van der Waals surface area contributed by atoms with Crippen molar-refractivity contribution in [3.8, 4) is 0 Å². The number of pyridine rings is 1. The molecule has 0 amide bonds. The molecular weight excluding hydrogens is 174 g/mol. The van der Waals surface area contributed by atoms with Gasteiger partial charge < -0.3 is 4.57 Å². The van der Waals surface area contributed by atoms with Crippen LogP contribution in [0.3, 0.4) is 0 Å². The predicted octanol–water partition coefficient (Wildman–Crippen LogP) is 2.36. The maximum Gasteiger partial charge on any atom is 0.253 e. The summed E-state index contributed by atoms with van der Waals surface area (Å²) in [5, 5.41) is 0. The molecule has 0 unspecified atom stereocenters. The van der Waals surface area contributed by atoms with Gasteiger partial charge >= 0.3 is 0 Å². The quantitative estimate of drug-likeness (QED) is 0.706. The van der Waals surface area contributed by atoms with Crippen LogP contribution in [0.15, 0.2) is 23.1 Å². The van der Waals surface area contributed by atoms with Gasteiger partial charge in [0, 0.05) is 18.8 Å². The second kappa shape index (κ2) is 3.99. The van der Waals surface area contributed by atoms with Crippen LogP contribution in [0.1, 0.15) is 32.8 Å². The van der Waals surface area contributed by atoms with Crippen molar-refractivity contribution in [3.05, 3.63) is 34.2 Å². The van der Waals surface area contributed by atoms with Crippen molar-refractivity contribution < 1.29 is 0 Å². The first-order chi connectivity index (χ1) is 6.40. The van der Waals surface area contributed by atoms with Crippen LogP contribution in [0.4, 0.5) is 0 Å². The summed E-state index contributed by atoms with van der Waals surface area (Å²) < 4.78 is 1.64. The highest BCUT2D eigenvalue weighted by molar-refractivity contribution is 5.10. The Hall–Kier alpha value is -1.05. The lowest BCUT2D eigenvalue weighted by Crippen LogP contribution is -2.21. The molecule has 2 heteroatoms. The van der Waals surface area contributed by atoms with Crippen molar-refractivity contribution in [2.75, 3.05) is 0 Å². The van der Waals surface area contributed by atoms with Crippen LogP contribution in [0.25, 0.3) is 0 Å². The molecule has 1 heterocycles. The molecule has 0 N–H and O–H groups in total. The number of rotatable bonds is 2. The lowest BCUT2D eigenvalue weighted by molar-refractivity contribution is 0.377. The molecule has 0 fully saturated rings. The van der Waals surface area contributed by atoms with Gasteiger partial charge in [-0.05, 0) is 24.3 Å². The standard InChI is InChI=1S/C12H19NO/c1-12(2,3)8-7-10-6-5-9-13(4)11(10)14/h5-6,9H,7-8H2,1-4H3. The lowest BCUT2D eigenvalue weighted by Gasteiger charge is -2.17. The van der Waals surface area contributed by atoms with E-state index in [1.807, 2.05) is 12.1 Å². The van der Waals surface area contributed by atoms with Crippen LogP contribution in [-0.2, 0) is 13.5 Å². The molecule has 14 heavy (non-hydrogen) atoms. The van der Waals surface area contributed by atoms with E-state index >= 15 is 0 Å². The second-order valence-corrected chi connectivity index (χ2v) is 5.01. The maximum absolute atomic E-state index is 11.6. The van der Waals surface area contributed by atoms with E-state index in [-0.39, 0.29) is 5.56 Å². The van der Waals surface area contributed by atoms with Gasteiger partial charge in [-0.15, -0.1) is 0 Å². The van der Waals surface area contributed by atoms with Crippen LogP contribution in [0.5, 0.6) is 0 Å². The summed E-state index contributed by atoms with van der Waals surface area (Å²) in [5.41, 5.74) is 1.35. The maximum atomic E-state index is 11.6. The third-order valence-corrected chi connectivity index (χ3v) is 2.35. The van der Waals surface area contributed by atoms with Gasteiger partial charge in [-0.25, -0.2) is 0 Å². The zero-order chi connectivity index (χ0) is 10.8. The Morgan fingerprint density at radius 3 is 2.57 bits per heavy atom. The minimum Gasteiger partial charge on any atom is -0.318 e. The Kier molecular flexibility index (Phi) is 3.14. The van der Waals surface area contributed by atoms with Gasteiger partial charge in [0.25, 0.3) is 5.56 Å². The van der Waals surface area contributed by atoms with Crippen LogP contribution in [0, 0.1) is 5.41 Å². The van der Waals surface area contributed by atoms with Gasteiger partial charge in [0.05, 0.1) is 0 Å². The zero-order valence-corrected chi connectivity index (χ0v) is 9.50. The summed E-state index contributed by atoms with van der Waals surface area (Å²) in [6, 6.07) is 3.85. The third-order valence-electron chi connectivity index (χ3n) is 2.35. The van der Waals surface area contributed by atoms with Crippen LogP contribution in [-0.4, -0.2) is 4.57 Å². The van der Waals surface area contributed by atoms with E-state index in [1.165, 1.54) is 0 Å². The van der Waals surface area contributed by atoms with E-state index in [9.17, 15) is 4.79 Å². The van der Waals surface area contributed by atoms with Gasteiger partial charge in [0.15, 0.2) is 0 Å². The van der Waals surface area contributed by atoms with E-state index in [4.69, 9.17) is 0 Å². The Morgan fingerprint density at radius 1 is 1.36 bits per heavy atom. The van der Waals surface area contributed by atoms with E-state index in [1.54, 1.807) is 17.8 Å². The highest BCUT2D eigenvalue weighted by Gasteiger charge is 2.11. The first-order valence-electron chi connectivity index (χ1n) is 5.05. The van der Waals surface area contributed by atoms with Crippen LogP contribution >= 0.6 is 0 Å². The van der Waals surface area contributed by atoms with Crippen molar-refractivity contribution in [2.45, 2.75) is 33.6 Å². The summed E-state index contributed by atoms with van der Waals surface area (Å²) in [7, 11) is 1.79. The highest BCUT2D eigenvalue weighted by atomic mass is 16.1. The Labute approximate surface area is 85.6 Å². The van der Waals surface area contributed by atoms with E-state index in [0.717, 1.165) is 18.4 Å². The Morgan fingerprint density at radius 2 is 2.00 bits per heavy atom. The summed E-state index contributed by atoms with van der Waals surface area (Å²) in [6.45, 7) is 6.58. The van der Waals surface area contributed by atoms with Crippen LogP contribution < -0.4 is 5.56 Å². The minimum atomic E-state index is 0.136. The molecule has 1 aromatic heterocycles. The van der Waals surface area contributed by atoms with Gasteiger partial charge in [-0.1, -0.05) is 26.8 Å². The van der Waals surface area contributed by atoms with Gasteiger partial charge in [-0.3, -0.25) is 4.79 Å². The van der Waals surface area contributed by atoms with E-state index in [0.29, 0.717) is 5.41 Å². The van der Waals surface area contributed by atoms with Crippen molar-refractivity contribution >= 4 is 0 Å². The molecule has 78 valence electrons. The number of aryl methyl sites for hydroxylation is 2. The average molecular weight is 193 g/mol. The van der Waals surface area contributed by atoms with Gasteiger partial charge in [0.1, 0.15) is 0 Å². The largest absolute Gasteiger partial charge is 0.318 e. The fourth-order valence-corrected chi connectivity index (χ4v) is 1.35. The molecule has 0 aromatic carbocycles. The number of aromatic nitrogens is 1. The minimum absolute atomic E-state index is 0.136. The lowest BCUT2D eigenvalue weighted by atomic mass is 9.89. The molecular formula is C12H19NO. The number of hydrogen-bond donors (Lipinski definition) is 0. The van der Waals surface area contributed by atoms with Gasteiger partial charge in [-0.2, -0.15) is 0 Å². The highest BCUT2D eigenvalue weighted by Crippen LogP contribution is 2.20. The van der Waals surface area contributed by atoms with Crippen molar-refractivity contribution in [3.63, 3.8) is 0 Å². The summed E-state index contributed by atoms with van der Waals surface area (Å²) in [5.74, 6) is 0. The molecule has 0 saturated heterocycles. The summed E-state index contributed by atoms with van der Waals surface area (Å²) >= 11 is 0. The predicted molar refractivity (Wildman–Crippen MR) is 59.5 cm³/mol. The molecule has 0 spiro atoms. The van der Waals surface area contributed by atoms with Crippen molar-refractivity contribution in [1.29, 1.82) is 0 Å². The monoisotopic (exact) mass is 193 g/mol. The molecule has 1 aromatic rings. The Bertz CT molecular complexity index is 357. The molecule has 1 rings (SSSR count). The molecule has 0 bridgehead atoms. The van der Waals surface area contributed by atoms with Crippen LogP contribution in [0.2, 0.25) is 0 Å². The molecule has 2 nitrogen and oxygen atoms in total. The normalized spacial score (nSPS) is 11.7. The second-order valence-electron chi connectivity index (χ2n) is 5.01. The summed E-state index contributed by atoms with van der Waals surface area (Å²) in [4.78, 5) is 11.6. The topological polar surface area (TPSA) is 22.0 Å². The fraction of sp³-hybridized carbons (Fsp3) is 0.583. The Balaban J connectivity index is 2.78. The van der Waals surface area contributed by atoms with E-state index < -0.39 is 0 Å². The number of nitrogens with zero attached hydrogens (tertiary/aromatic N) is 1. The first-order valence-corrected chi connectivity index (χ1v) is 5.05. The SMILES string of the molecule is Cn1cccc(CCC(C)(C)C)c1=O. The van der Waals surface area contributed by atoms with Crippen molar-refractivity contribution in [2.24, 2.45) is 12.5 Å². The van der Waals surface area contributed by atoms with Crippen molar-refractivity contribution in [1.82, 2.24) is 4.57 Å². The van der Waals surface area contributed by atoms with Gasteiger partial charge in [0.2, 0.25) is 0 Å². The molecule has 0 saturated carbocycles. The zero-order valence-electron chi connectivity index (χ0n) is 9.50. The van der Waals surface area contributed by atoms with E-state index in [2.05, 4.69) is 20.8 Å². The fourth-order valence-electron chi connectivity index (χ4n) is 1.35. The summed E-state index contributed by atoms with van der Waals surface area (Å²) in [6.07, 6.45) is 3.71. The average Bonchev–Trinajstić information content (AvgIpc) is 2.06. The number of hydrogen-bond acceptors (Lipinski definition) is 1. The first kappa shape index (κ1) is 11.0. The molecule has 0 aliphatic carbocycles. The molecule has 0 aliphatic rings. The molecule has 0 atom stereocenters.